The molecule has 90 heavy (non-hydrogen) atoms. The molecule has 3 aliphatic heterocycles. The average molecular weight is 1310 g/mol. The van der Waals surface area contributed by atoms with Gasteiger partial charge in [-0.3, -0.25) is 14.4 Å². The predicted octanol–water partition coefficient (Wildman–Crippen LogP) is 8.97. The number of carbonyl (C=O) groups excluding carboxylic acids is 5. The third-order valence-electron chi connectivity index (χ3n) is 15.7. The summed E-state index contributed by atoms with van der Waals surface area (Å²) in [6.07, 6.45) is -17.1. The van der Waals surface area contributed by atoms with Crippen LogP contribution in [0.4, 0.5) is 4.79 Å². The summed E-state index contributed by atoms with van der Waals surface area (Å²) in [5.74, 6) is -6.66. The molecule has 4 N–H and O–H groups in total. The lowest BCUT2D eigenvalue weighted by Crippen LogP contribution is -2.73. The van der Waals surface area contributed by atoms with Crippen molar-refractivity contribution in [1.29, 1.82) is 0 Å². The molecule has 3 fully saturated rings. The minimum Gasteiger partial charge on any atom is -0.463 e. The van der Waals surface area contributed by atoms with Crippen LogP contribution in [-0.2, 0) is 102 Å². The third kappa shape index (κ3) is 20.0. The van der Waals surface area contributed by atoms with E-state index in [1.54, 1.807) is 38.1 Å². The molecular weight excluding hydrogens is 1230 g/mol. The molecule has 8 rings (SSSR count). The SMILES string of the molecule is CC(=O)CCC(=O)O[C@@H]1[C@H](OC(C)=O)[C@@H](O[C@H]2[C@@H]([C@H]3COC(C)(C)O3)O[C@@](O)(C(O)O)C[C@H]2OCc2ccccc2)O[C@](CCCCCNC(=O)OC(Cc2ccccc2)c2ccccc2)([C@@H](COC(C)=O)OCc2ccccc2)[C@H]1OCc1ccc(Br)cc1. The molecule has 0 radical (unpaired) electrons. The molecule has 0 aliphatic carbocycles. The van der Waals surface area contributed by atoms with Gasteiger partial charge in [0.25, 0.3) is 0 Å². The van der Waals surface area contributed by atoms with Gasteiger partial charge in [0.15, 0.2) is 24.3 Å². The fraction of sp³-hybridized carbons (Fsp3) is 0.485. The van der Waals surface area contributed by atoms with Crippen molar-refractivity contribution in [2.45, 2.75) is 190 Å². The number of ether oxygens (including phenoxy) is 12. The molecule has 0 saturated carbocycles. The normalized spacial score (nSPS) is 25.4. The molecular formula is C68H82BrNO20. The van der Waals surface area contributed by atoms with Gasteiger partial charge in [-0.25, -0.2) is 4.79 Å². The summed E-state index contributed by atoms with van der Waals surface area (Å²) in [6.45, 7) is 6.18. The molecule has 0 spiro atoms. The van der Waals surface area contributed by atoms with E-state index in [4.69, 9.17) is 56.8 Å². The van der Waals surface area contributed by atoms with Gasteiger partial charge in [-0.05, 0) is 73.6 Å². The Labute approximate surface area is 532 Å². The Hall–Kier alpha value is -6.51. The molecule has 3 heterocycles. The molecule has 3 aliphatic rings. The van der Waals surface area contributed by atoms with Gasteiger partial charge in [0.05, 0.1) is 39.0 Å². The van der Waals surface area contributed by atoms with Gasteiger partial charge in [0, 0.05) is 44.1 Å². The van der Waals surface area contributed by atoms with E-state index in [1.807, 2.05) is 121 Å². The fourth-order valence-electron chi connectivity index (χ4n) is 11.2. The summed E-state index contributed by atoms with van der Waals surface area (Å²) >= 11 is 3.51. The summed E-state index contributed by atoms with van der Waals surface area (Å²) in [5, 5.41) is 36.6. The van der Waals surface area contributed by atoms with Crippen molar-refractivity contribution >= 4 is 45.7 Å². The summed E-state index contributed by atoms with van der Waals surface area (Å²) in [6, 6.07) is 44.6. The molecule has 22 heteroatoms. The van der Waals surface area contributed by atoms with Gasteiger partial charge in [0.2, 0.25) is 12.1 Å². The second-order valence-corrected chi connectivity index (χ2v) is 24.1. The molecule has 3 saturated heterocycles. The van der Waals surface area contributed by atoms with E-state index in [1.165, 1.54) is 13.8 Å². The molecule has 12 atom stereocenters. The monoisotopic (exact) mass is 1310 g/mol. The van der Waals surface area contributed by atoms with E-state index in [2.05, 4.69) is 21.2 Å². The predicted molar refractivity (Wildman–Crippen MR) is 327 cm³/mol. The number of aliphatic hydroxyl groups is 3. The Kier molecular flexibility index (Phi) is 25.6. The number of hydrogen-bond acceptors (Lipinski definition) is 20. The van der Waals surface area contributed by atoms with Crippen LogP contribution in [0.3, 0.4) is 0 Å². The number of nitrogens with one attached hydrogen (secondary N) is 1. The molecule has 21 nitrogen and oxygen atoms in total. The van der Waals surface area contributed by atoms with E-state index >= 15 is 0 Å². The lowest BCUT2D eigenvalue weighted by molar-refractivity contribution is -0.413. The standard InChI is InChI=1S/C68H82BrNO20/c1-44(71)29-34-57(74)86-60-61(84-46(3)73)63(87-58-54(80-39-48-23-13-7-14-24-48)38-68(78,64(75)76)89-59(58)55-42-83-66(4,5)88-55)90-67(62(60)82-41-50-30-32-52(69)33-31-50,56(43-79-45(2)72)81-40-49-25-15-8-16-26-49)35-19-10-20-36-70-65(77)85-53(51-27-17-9-18-28-51)37-47-21-11-6-12-22-47/h6-9,11-18,21-28,30-33,53-56,58-64,75-76,78H,10,19-20,29,34-43H2,1-5H3,(H,70,77)/t53?,54-,55-,56-,58-,59-,60-,61+,62+,63+,67-,68-/m1/s1. The minimum absolute atomic E-state index is 0.0623. The molecule has 486 valence electrons. The zero-order chi connectivity index (χ0) is 64.3. The Morgan fingerprint density at radius 2 is 1.28 bits per heavy atom. The maximum absolute atomic E-state index is 14.5. The van der Waals surface area contributed by atoms with E-state index in [0.717, 1.165) is 22.5 Å². The van der Waals surface area contributed by atoms with Gasteiger partial charge < -0.3 is 82.3 Å². The van der Waals surface area contributed by atoms with Crippen molar-refractivity contribution in [3.8, 4) is 0 Å². The molecule has 5 aromatic carbocycles. The molecule has 1 amide bonds. The quantitative estimate of drug-likeness (QED) is 0.0139. The third-order valence-corrected chi connectivity index (χ3v) is 16.2. The molecule has 1 unspecified atom stereocenters. The zero-order valence-corrected chi connectivity index (χ0v) is 52.9. The van der Waals surface area contributed by atoms with Crippen LogP contribution in [0.15, 0.2) is 150 Å². The van der Waals surface area contributed by atoms with Crippen molar-refractivity contribution in [2.24, 2.45) is 0 Å². The van der Waals surface area contributed by atoms with E-state index in [0.29, 0.717) is 36.0 Å². The minimum atomic E-state index is -2.69. The Bertz CT molecular complexity index is 3050. The number of halogens is 1. The van der Waals surface area contributed by atoms with Crippen LogP contribution >= 0.6 is 15.9 Å². The van der Waals surface area contributed by atoms with Crippen molar-refractivity contribution < 1.29 is 96.1 Å². The highest BCUT2D eigenvalue weighted by molar-refractivity contribution is 9.10. The lowest BCUT2D eigenvalue weighted by Gasteiger charge is -2.55. The van der Waals surface area contributed by atoms with Crippen LogP contribution in [0.1, 0.15) is 113 Å². The van der Waals surface area contributed by atoms with Gasteiger partial charge in [-0.15, -0.1) is 0 Å². The van der Waals surface area contributed by atoms with Crippen molar-refractivity contribution in [1.82, 2.24) is 5.32 Å². The number of carbonyl (C=O) groups is 5. The number of alkyl carbamates (subject to hydrolysis) is 1. The number of ketones is 1. The highest BCUT2D eigenvalue weighted by Crippen LogP contribution is 2.46. The van der Waals surface area contributed by atoms with Crippen LogP contribution in [0.25, 0.3) is 0 Å². The first-order chi connectivity index (χ1) is 43.2. The number of esters is 3. The summed E-state index contributed by atoms with van der Waals surface area (Å²) in [4.78, 5) is 67.5. The van der Waals surface area contributed by atoms with Crippen LogP contribution in [0.5, 0.6) is 0 Å². The summed E-state index contributed by atoms with van der Waals surface area (Å²) < 4.78 is 79.5. The largest absolute Gasteiger partial charge is 0.463 e. The Balaban J connectivity index is 1.23. The van der Waals surface area contributed by atoms with Gasteiger partial charge in [-0.1, -0.05) is 162 Å². The van der Waals surface area contributed by atoms with Gasteiger partial charge >= 0.3 is 24.0 Å². The summed E-state index contributed by atoms with van der Waals surface area (Å²) in [7, 11) is 0. The number of hydrogen-bond donors (Lipinski definition) is 4. The summed E-state index contributed by atoms with van der Waals surface area (Å²) in [5.41, 5.74) is 1.88. The number of Topliss-reactive ketones (excluding diaryl/α,β-unsaturated/α-hetero) is 1. The Morgan fingerprint density at radius 3 is 1.88 bits per heavy atom. The van der Waals surface area contributed by atoms with Crippen molar-refractivity contribution in [3.05, 3.63) is 178 Å². The number of amides is 1. The number of benzene rings is 5. The first-order valence-corrected chi connectivity index (χ1v) is 31.1. The van der Waals surface area contributed by atoms with Crippen LogP contribution in [0.2, 0.25) is 0 Å². The highest BCUT2D eigenvalue weighted by atomic mass is 79.9. The second-order valence-electron chi connectivity index (χ2n) is 23.2. The first-order valence-electron chi connectivity index (χ1n) is 30.3. The second kappa shape index (κ2) is 33.2. The van der Waals surface area contributed by atoms with Crippen LogP contribution in [-0.4, -0.2) is 143 Å². The molecule has 5 aromatic rings. The lowest BCUT2D eigenvalue weighted by atomic mass is 9.78. The van der Waals surface area contributed by atoms with Gasteiger partial charge in [-0.2, -0.15) is 0 Å². The highest BCUT2D eigenvalue weighted by Gasteiger charge is 2.65. The Morgan fingerprint density at radius 1 is 0.667 bits per heavy atom. The van der Waals surface area contributed by atoms with Crippen molar-refractivity contribution in [2.75, 3.05) is 19.8 Å². The maximum atomic E-state index is 14.5. The number of aliphatic hydroxyl groups excluding tert-OH is 1. The van der Waals surface area contributed by atoms with E-state index < -0.39 is 128 Å². The van der Waals surface area contributed by atoms with Crippen molar-refractivity contribution in [3.63, 3.8) is 0 Å². The number of unbranched alkanes of at least 4 members (excludes halogenated alkanes) is 2. The van der Waals surface area contributed by atoms with E-state index in [-0.39, 0.29) is 58.0 Å². The van der Waals surface area contributed by atoms with Crippen LogP contribution in [0, 0.1) is 0 Å². The zero-order valence-electron chi connectivity index (χ0n) is 51.3. The topological polar surface area (TPSA) is 269 Å². The molecule has 0 aromatic heterocycles. The fourth-order valence-corrected chi connectivity index (χ4v) is 11.5. The van der Waals surface area contributed by atoms with E-state index in [9.17, 15) is 39.3 Å². The smallest absolute Gasteiger partial charge is 0.407 e. The van der Waals surface area contributed by atoms with Crippen LogP contribution < -0.4 is 5.32 Å². The number of rotatable bonds is 31. The first kappa shape index (κ1) is 69.4. The van der Waals surface area contributed by atoms with Gasteiger partial charge in [0.1, 0.15) is 54.6 Å². The maximum Gasteiger partial charge on any atom is 0.407 e. The average Bonchev–Trinajstić information content (AvgIpc) is 0.794. The molecule has 0 bridgehead atoms.